The minimum absolute atomic E-state index is 0.201. The van der Waals surface area contributed by atoms with E-state index in [1.54, 1.807) is 0 Å². The van der Waals surface area contributed by atoms with Crippen LogP contribution in [0, 0.1) is 0 Å². The normalized spacial score (nSPS) is 19.4. The number of carbonyl (C=O) groups is 2. The highest BCUT2D eigenvalue weighted by molar-refractivity contribution is 5.70. The second-order valence-corrected chi connectivity index (χ2v) is 19.0. The lowest BCUT2D eigenvalue weighted by molar-refractivity contribution is -0.305. The van der Waals surface area contributed by atoms with Crippen LogP contribution in [0.3, 0.4) is 0 Å². The van der Waals surface area contributed by atoms with Gasteiger partial charge in [0.2, 0.25) is 0 Å². The molecule has 1 fully saturated rings. The SMILES string of the molecule is CCCCCCCCC/C=C/C/C=C/C/C=C/C/C=C/CCCC(=O)OC[C@@H](CO[C@H]1O[C@@H](CO)[C@@H](O)C(O)C1O)OC(=O)CCCCCCCCCCCCCCCCCCCCCCC. The lowest BCUT2D eigenvalue weighted by Gasteiger charge is -2.39. The maximum Gasteiger partial charge on any atom is 0.306 e. The molecule has 6 atom stereocenters. The van der Waals surface area contributed by atoms with Crippen molar-refractivity contribution in [3.8, 4) is 0 Å². The van der Waals surface area contributed by atoms with Gasteiger partial charge in [0.15, 0.2) is 12.4 Å². The Bertz CT molecular complexity index is 1230. The van der Waals surface area contributed by atoms with Crippen molar-refractivity contribution in [1.29, 1.82) is 0 Å². The van der Waals surface area contributed by atoms with Gasteiger partial charge >= 0.3 is 11.9 Å². The average molecular weight is 947 g/mol. The minimum Gasteiger partial charge on any atom is -0.462 e. The van der Waals surface area contributed by atoms with Crippen molar-refractivity contribution in [3.05, 3.63) is 48.6 Å². The van der Waals surface area contributed by atoms with Gasteiger partial charge in [-0.3, -0.25) is 9.59 Å². The molecule has 1 saturated heterocycles. The maximum atomic E-state index is 12.9. The summed E-state index contributed by atoms with van der Waals surface area (Å²) in [6, 6.07) is 0. The molecular weight excluding hydrogens is 845 g/mol. The highest BCUT2D eigenvalue weighted by atomic mass is 16.7. The summed E-state index contributed by atoms with van der Waals surface area (Å²) in [4.78, 5) is 25.5. The van der Waals surface area contributed by atoms with Gasteiger partial charge in [-0.2, -0.15) is 0 Å². The molecule has 0 spiro atoms. The van der Waals surface area contributed by atoms with Crippen LogP contribution < -0.4 is 0 Å². The Kier molecular flexibility index (Phi) is 44.3. The molecule has 0 bridgehead atoms. The summed E-state index contributed by atoms with van der Waals surface area (Å²) < 4.78 is 22.2. The van der Waals surface area contributed by atoms with Crippen LogP contribution in [0.25, 0.3) is 0 Å². The molecule has 1 rings (SSSR count). The number of allylic oxidation sites excluding steroid dienone is 8. The van der Waals surface area contributed by atoms with Crippen LogP contribution in [0.2, 0.25) is 0 Å². The second kappa shape index (κ2) is 47.3. The minimum atomic E-state index is -1.60. The van der Waals surface area contributed by atoms with E-state index in [1.807, 2.05) is 0 Å². The van der Waals surface area contributed by atoms with Gasteiger partial charge in [0, 0.05) is 12.8 Å². The number of hydrogen-bond donors (Lipinski definition) is 4. The van der Waals surface area contributed by atoms with Crippen LogP contribution in [-0.2, 0) is 28.5 Å². The van der Waals surface area contributed by atoms with Gasteiger partial charge in [0.05, 0.1) is 13.2 Å². The molecular formula is C57H102O10. The fraction of sp³-hybridized carbons (Fsp3) is 0.825. The molecule has 0 aromatic carbocycles. The smallest absolute Gasteiger partial charge is 0.306 e. The van der Waals surface area contributed by atoms with E-state index in [9.17, 15) is 30.0 Å². The molecule has 1 aliphatic rings. The van der Waals surface area contributed by atoms with Gasteiger partial charge < -0.3 is 39.4 Å². The number of hydrogen-bond acceptors (Lipinski definition) is 10. The molecule has 4 N–H and O–H groups in total. The van der Waals surface area contributed by atoms with Crippen molar-refractivity contribution in [3.63, 3.8) is 0 Å². The van der Waals surface area contributed by atoms with Crippen molar-refractivity contribution in [1.82, 2.24) is 0 Å². The molecule has 0 saturated carbocycles. The third-order valence-electron chi connectivity index (χ3n) is 12.7. The monoisotopic (exact) mass is 947 g/mol. The molecule has 10 nitrogen and oxygen atoms in total. The zero-order valence-corrected chi connectivity index (χ0v) is 42.9. The molecule has 0 amide bonds. The molecule has 0 aliphatic carbocycles. The molecule has 0 aromatic heterocycles. The summed E-state index contributed by atoms with van der Waals surface area (Å²) in [5, 5.41) is 40.3. The summed E-state index contributed by atoms with van der Waals surface area (Å²) in [7, 11) is 0. The first-order valence-electron chi connectivity index (χ1n) is 27.7. The average Bonchev–Trinajstić information content (AvgIpc) is 3.33. The Balaban J connectivity index is 2.27. The number of aliphatic hydroxyl groups excluding tert-OH is 4. The predicted molar refractivity (Wildman–Crippen MR) is 275 cm³/mol. The number of carbonyl (C=O) groups excluding carboxylic acids is 2. The topological polar surface area (TPSA) is 152 Å². The largest absolute Gasteiger partial charge is 0.462 e. The highest BCUT2D eigenvalue weighted by Gasteiger charge is 2.44. The summed E-state index contributed by atoms with van der Waals surface area (Å²) in [6.45, 7) is 3.41. The quantitative estimate of drug-likeness (QED) is 0.0264. The number of esters is 2. The van der Waals surface area contributed by atoms with E-state index in [2.05, 4.69) is 62.5 Å². The lowest BCUT2D eigenvalue weighted by Crippen LogP contribution is -2.59. The van der Waals surface area contributed by atoms with Gasteiger partial charge in [0.25, 0.3) is 0 Å². The van der Waals surface area contributed by atoms with Crippen LogP contribution in [0.15, 0.2) is 48.6 Å². The number of ether oxygens (including phenoxy) is 4. The van der Waals surface area contributed by atoms with Gasteiger partial charge in [-0.05, 0) is 51.4 Å². The van der Waals surface area contributed by atoms with Crippen LogP contribution >= 0.6 is 0 Å². The van der Waals surface area contributed by atoms with E-state index < -0.39 is 55.4 Å². The van der Waals surface area contributed by atoms with Crippen molar-refractivity contribution in [2.24, 2.45) is 0 Å². The fourth-order valence-corrected chi connectivity index (χ4v) is 8.36. The van der Waals surface area contributed by atoms with Gasteiger partial charge in [-0.1, -0.05) is 229 Å². The number of unbranched alkanes of at least 4 members (excludes halogenated alkanes) is 28. The van der Waals surface area contributed by atoms with E-state index in [0.29, 0.717) is 12.8 Å². The maximum absolute atomic E-state index is 12.9. The summed E-state index contributed by atoms with van der Waals surface area (Å²) in [5.41, 5.74) is 0. The molecule has 2 unspecified atom stereocenters. The van der Waals surface area contributed by atoms with Crippen LogP contribution in [0.5, 0.6) is 0 Å². The molecule has 0 aromatic rings. The third-order valence-corrected chi connectivity index (χ3v) is 12.7. The van der Waals surface area contributed by atoms with E-state index in [1.165, 1.54) is 161 Å². The Hall–Kier alpha value is -2.34. The molecule has 1 heterocycles. The van der Waals surface area contributed by atoms with Crippen LogP contribution in [0.1, 0.15) is 245 Å². The van der Waals surface area contributed by atoms with Gasteiger partial charge in [-0.25, -0.2) is 0 Å². The predicted octanol–water partition coefficient (Wildman–Crippen LogP) is 13.6. The molecule has 390 valence electrons. The van der Waals surface area contributed by atoms with Crippen LogP contribution in [-0.4, -0.2) is 89.0 Å². The Labute approximate surface area is 409 Å². The molecule has 1 aliphatic heterocycles. The first kappa shape index (κ1) is 62.7. The van der Waals surface area contributed by atoms with Crippen molar-refractivity contribution >= 4 is 11.9 Å². The van der Waals surface area contributed by atoms with Crippen molar-refractivity contribution in [2.45, 2.75) is 282 Å². The van der Waals surface area contributed by atoms with Crippen LogP contribution in [0.4, 0.5) is 0 Å². The fourth-order valence-electron chi connectivity index (χ4n) is 8.36. The Morgan fingerprint density at radius 1 is 0.463 bits per heavy atom. The van der Waals surface area contributed by atoms with E-state index in [0.717, 1.165) is 44.9 Å². The van der Waals surface area contributed by atoms with Crippen molar-refractivity contribution < 1.29 is 49.0 Å². The van der Waals surface area contributed by atoms with E-state index in [4.69, 9.17) is 18.9 Å². The first-order chi connectivity index (χ1) is 32.8. The zero-order chi connectivity index (χ0) is 48.7. The lowest BCUT2D eigenvalue weighted by atomic mass is 9.99. The summed E-state index contributed by atoms with van der Waals surface area (Å²) in [6.07, 6.45) is 51.3. The number of rotatable bonds is 47. The number of aliphatic hydroxyl groups is 4. The second-order valence-electron chi connectivity index (χ2n) is 19.0. The van der Waals surface area contributed by atoms with Gasteiger partial charge in [-0.15, -0.1) is 0 Å². The van der Waals surface area contributed by atoms with E-state index >= 15 is 0 Å². The summed E-state index contributed by atoms with van der Waals surface area (Å²) >= 11 is 0. The molecule has 67 heavy (non-hydrogen) atoms. The summed E-state index contributed by atoms with van der Waals surface area (Å²) in [5.74, 6) is -0.862. The molecule has 10 heteroatoms. The van der Waals surface area contributed by atoms with Crippen molar-refractivity contribution in [2.75, 3.05) is 19.8 Å². The Morgan fingerprint density at radius 2 is 0.851 bits per heavy atom. The molecule has 0 radical (unpaired) electrons. The standard InChI is InChI=1S/C57H102O10/c1-3-5-7-9-11-13-15-17-19-21-23-25-27-29-31-33-35-37-39-41-43-45-52(59)64-48-50(49-65-57-56(63)55(62)54(61)51(47-58)67-57)66-53(60)46-44-42-40-38-36-34-32-30-28-26-24-22-20-18-16-14-12-10-8-6-4-2/h19,21,25,27,31,33,37,39,50-51,54-58,61-63H,3-18,20,22-24,26,28-30,32,34-36,38,40-49H2,1-2H3/b21-19+,27-25+,33-31+,39-37+/t50-,51-,54+,55?,56?,57-/m0/s1. The van der Waals surface area contributed by atoms with E-state index in [-0.39, 0.29) is 26.1 Å². The zero-order valence-electron chi connectivity index (χ0n) is 42.9. The third kappa shape index (κ3) is 38.1. The Morgan fingerprint density at radius 3 is 1.30 bits per heavy atom. The highest BCUT2D eigenvalue weighted by Crippen LogP contribution is 2.23. The first-order valence-corrected chi connectivity index (χ1v) is 27.7. The van der Waals surface area contributed by atoms with Gasteiger partial charge in [0.1, 0.15) is 31.0 Å².